The molecule has 0 unspecified atom stereocenters. The van der Waals surface area contributed by atoms with Crippen molar-refractivity contribution >= 4 is 46.2 Å². The summed E-state index contributed by atoms with van der Waals surface area (Å²) >= 11 is 0. The number of aromatic nitrogens is 6. The quantitative estimate of drug-likeness (QED) is 0.418. The first-order valence-corrected chi connectivity index (χ1v) is 11.6. The van der Waals surface area contributed by atoms with E-state index in [1.165, 1.54) is 0 Å². The van der Waals surface area contributed by atoms with Crippen LogP contribution in [0.5, 0.6) is 0 Å². The van der Waals surface area contributed by atoms with Crippen molar-refractivity contribution in [3.8, 4) is 11.3 Å². The van der Waals surface area contributed by atoms with Gasteiger partial charge in [-0.1, -0.05) is 0 Å². The number of anilines is 1. The van der Waals surface area contributed by atoms with Crippen LogP contribution in [0.4, 0.5) is 5.82 Å². The fraction of sp³-hybridized carbons (Fsp3) is 0.318. The SMILES string of the molecule is BC(B)(B)n1cc(-c2ccc3cnc(NC(=O)c4cnn(C5CCN(C)CC5)c4)cc3n2)cn1. The molecular formula is C22H27B3N8O. The Labute approximate surface area is 201 Å². The first-order valence-electron chi connectivity index (χ1n) is 11.6. The van der Waals surface area contributed by atoms with Gasteiger partial charge in [-0.3, -0.25) is 14.2 Å². The maximum absolute atomic E-state index is 12.8. The van der Waals surface area contributed by atoms with Gasteiger partial charge in [-0.25, -0.2) is 9.97 Å². The molecule has 5 rings (SSSR count). The zero-order valence-corrected chi connectivity index (χ0v) is 20.1. The Bertz CT molecular complexity index is 1340. The van der Waals surface area contributed by atoms with Gasteiger partial charge in [0.25, 0.3) is 5.91 Å². The fourth-order valence-electron chi connectivity index (χ4n) is 4.17. The maximum Gasteiger partial charge on any atom is 0.260 e. The highest BCUT2D eigenvalue weighted by molar-refractivity contribution is 6.56. The fourth-order valence-corrected chi connectivity index (χ4v) is 4.17. The van der Waals surface area contributed by atoms with Gasteiger partial charge in [0.1, 0.15) is 29.4 Å². The van der Waals surface area contributed by atoms with Crippen LogP contribution in [-0.2, 0) is 5.24 Å². The van der Waals surface area contributed by atoms with Gasteiger partial charge in [-0.05, 0) is 50.3 Å². The van der Waals surface area contributed by atoms with E-state index in [1.54, 1.807) is 18.5 Å². The lowest BCUT2D eigenvalue weighted by Gasteiger charge is -2.28. The summed E-state index contributed by atoms with van der Waals surface area (Å²) in [4.78, 5) is 24.3. The van der Waals surface area contributed by atoms with Crippen LogP contribution in [0.2, 0.25) is 0 Å². The van der Waals surface area contributed by atoms with Gasteiger partial charge < -0.3 is 10.2 Å². The van der Waals surface area contributed by atoms with E-state index in [2.05, 4.69) is 56.0 Å². The molecule has 1 saturated heterocycles. The van der Waals surface area contributed by atoms with E-state index in [0.29, 0.717) is 17.4 Å². The number of hydrogen-bond acceptors (Lipinski definition) is 6. The second kappa shape index (κ2) is 8.75. The molecule has 0 spiro atoms. The lowest BCUT2D eigenvalue weighted by atomic mass is 9.49. The highest BCUT2D eigenvalue weighted by Crippen LogP contribution is 2.24. The number of pyridine rings is 2. The van der Waals surface area contributed by atoms with Gasteiger partial charge in [-0.2, -0.15) is 10.2 Å². The summed E-state index contributed by atoms with van der Waals surface area (Å²) in [5, 5.41) is 12.6. The Morgan fingerprint density at radius 3 is 2.62 bits per heavy atom. The smallest absolute Gasteiger partial charge is 0.260 e. The predicted octanol–water partition coefficient (Wildman–Crippen LogP) is -0.324. The van der Waals surface area contributed by atoms with Crippen molar-refractivity contribution in [1.82, 2.24) is 34.4 Å². The Morgan fingerprint density at radius 2 is 1.88 bits per heavy atom. The summed E-state index contributed by atoms with van der Waals surface area (Å²) in [7, 11) is 8.45. The normalized spacial score (nSPS) is 15.6. The molecule has 4 aromatic heterocycles. The van der Waals surface area contributed by atoms with Gasteiger partial charge in [0.15, 0.2) is 0 Å². The van der Waals surface area contributed by atoms with Gasteiger partial charge in [0.05, 0.1) is 35.2 Å². The molecule has 1 amide bonds. The van der Waals surface area contributed by atoms with Gasteiger partial charge in [0, 0.05) is 35.6 Å². The summed E-state index contributed by atoms with van der Waals surface area (Å²) in [5.74, 6) is 0.230. The van der Waals surface area contributed by atoms with Crippen molar-refractivity contribution in [2.45, 2.75) is 24.1 Å². The van der Waals surface area contributed by atoms with E-state index in [9.17, 15) is 4.79 Å². The number of carbonyl (C=O) groups is 1. The van der Waals surface area contributed by atoms with Gasteiger partial charge >= 0.3 is 0 Å². The summed E-state index contributed by atoms with van der Waals surface area (Å²) in [5.41, 5.74) is 3.05. The van der Waals surface area contributed by atoms with Crippen molar-refractivity contribution in [1.29, 1.82) is 0 Å². The third kappa shape index (κ3) is 4.63. The molecule has 0 aromatic carbocycles. The van der Waals surface area contributed by atoms with Crippen LogP contribution in [0.15, 0.2) is 49.2 Å². The van der Waals surface area contributed by atoms with Crippen LogP contribution in [0.25, 0.3) is 22.2 Å². The Hall–Kier alpha value is -3.40. The molecule has 1 N–H and O–H groups in total. The molecule has 9 nitrogen and oxygen atoms in total. The minimum Gasteiger partial charge on any atom is -0.306 e. The molecule has 4 aromatic rings. The zero-order chi connectivity index (χ0) is 23.9. The topological polar surface area (TPSA) is 93.8 Å². The first kappa shape index (κ1) is 22.4. The number of amides is 1. The van der Waals surface area contributed by atoms with Crippen LogP contribution in [-0.4, -0.2) is 84.0 Å². The van der Waals surface area contributed by atoms with Crippen molar-refractivity contribution in [3.63, 3.8) is 0 Å². The number of nitrogens with zero attached hydrogens (tertiary/aromatic N) is 7. The zero-order valence-electron chi connectivity index (χ0n) is 20.1. The minimum absolute atomic E-state index is 0.0996. The molecule has 34 heavy (non-hydrogen) atoms. The molecule has 0 atom stereocenters. The van der Waals surface area contributed by atoms with E-state index < -0.39 is 0 Å². The molecule has 1 aliphatic rings. The third-order valence-electron chi connectivity index (χ3n) is 6.31. The van der Waals surface area contributed by atoms with Crippen molar-refractivity contribution in [2.24, 2.45) is 0 Å². The summed E-state index contributed by atoms with van der Waals surface area (Å²) in [6, 6.07) is 6.08. The minimum atomic E-state index is -0.228. The second-order valence-electron chi connectivity index (χ2n) is 10.0. The molecule has 0 saturated carbocycles. The van der Waals surface area contributed by atoms with Crippen LogP contribution >= 0.6 is 0 Å². The van der Waals surface area contributed by atoms with Crippen molar-refractivity contribution in [2.75, 3.05) is 25.5 Å². The highest BCUT2D eigenvalue weighted by Gasteiger charge is 2.20. The van der Waals surface area contributed by atoms with E-state index in [-0.39, 0.29) is 11.1 Å². The van der Waals surface area contributed by atoms with Gasteiger partial charge in [-0.15, -0.1) is 0 Å². The molecule has 0 bridgehead atoms. The average molecular weight is 452 g/mol. The molecule has 12 heteroatoms. The van der Waals surface area contributed by atoms with Gasteiger partial charge in [0.2, 0.25) is 0 Å². The number of rotatable bonds is 5. The largest absolute Gasteiger partial charge is 0.306 e. The van der Waals surface area contributed by atoms with Crippen LogP contribution < -0.4 is 5.32 Å². The number of fused-ring (bicyclic) bond motifs is 1. The van der Waals surface area contributed by atoms with E-state index >= 15 is 0 Å². The molecule has 5 heterocycles. The van der Waals surface area contributed by atoms with Crippen molar-refractivity contribution < 1.29 is 4.79 Å². The van der Waals surface area contributed by atoms with Crippen LogP contribution in [0, 0.1) is 0 Å². The Morgan fingerprint density at radius 1 is 1.09 bits per heavy atom. The predicted molar refractivity (Wildman–Crippen MR) is 140 cm³/mol. The van der Waals surface area contributed by atoms with Crippen molar-refractivity contribution in [3.05, 3.63) is 54.7 Å². The van der Waals surface area contributed by atoms with Crippen LogP contribution in [0.1, 0.15) is 29.2 Å². The summed E-state index contributed by atoms with van der Waals surface area (Å²) in [6.07, 6.45) is 11.1. The first-order chi connectivity index (χ1) is 16.3. The lowest BCUT2D eigenvalue weighted by molar-refractivity contribution is 0.102. The number of carbonyl (C=O) groups excluding carboxylic acids is 1. The molecule has 0 aliphatic carbocycles. The number of likely N-dealkylation sites (tertiary alicyclic amines) is 1. The Kier molecular flexibility index (Phi) is 5.77. The standard InChI is InChI=1S/C22H27B3N8O/c1-31-6-4-17(5-7-31)32-12-16(11-27-32)21(34)30-20-8-19-14(9-26-20)2-3-18(29-19)15-10-28-33(13-15)22(23,24)25/h2-3,8-13,17H,4-7,23-25H2,1H3,(H,26,30,34). The molecule has 1 fully saturated rings. The van der Waals surface area contributed by atoms with E-state index in [4.69, 9.17) is 4.98 Å². The number of hydrogen-bond donors (Lipinski definition) is 1. The summed E-state index contributed by atoms with van der Waals surface area (Å²) in [6.45, 7) is 2.08. The number of nitrogens with one attached hydrogen (secondary N) is 1. The van der Waals surface area contributed by atoms with E-state index in [0.717, 1.165) is 48.1 Å². The molecule has 0 radical (unpaired) electrons. The number of piperidine rings is 1. The second-order valence-corrected chi connectivity index (χ2v) is 10.0. The highest BCUT2D eigenvalue weighted by atomic mass is 16.1. The molecular weight excluding hydrogens is 425 g/mol. The molecule has 1 aliphatic heterocycles. The molecule has 170 valence electrons. The summed E-state index contributed by atoms with van der Waals surface area (Å²) < 4.78 is 3.85. The van der Waals surface area contributed by atoms with Crippen LogP contribution in [0.3, 0.4) is 0 Å². The Balaban J connectivity index is 1.33. The van der Waals surface area contributed by atoms with E-state index in [1.807, 2.05) is 40.1 Å². The maximum atomic E-state index is 12.8. The third-order valence-corrected chi connectivity index (χ3v) is 6.31. The monoisotopic (exact) mass is 452 g/mol. The lowest BCUT2D eigenvalue weighted by Crippen LogP contribution is -2.35. The average Bonchev–Trinajstić information content (AvgIpc) is 3.49.